The van der Waals surface area contributed by atoms with E-state index >= 15 is 0 Å². The third kappa shape index (κ3) is 2.28. The first-order valence-corrected chi connectivity index (χ1v) is 8.36. The van der Waals surface area contributed by atoms with Gasteiger partial charge in [0.05, 0.1) is 28.8 Å². The lowest BCUT2D eigenvalue weighted by molar-refractivity contribution is 0.602. The Morgan fingerprint density at radius 2 is 2.00 bits per heavy atom. The highest BCUT2D eigenvalue weighted by Gasteiger charge is 2.22. The second-order valence-electron chi connectivity index (χ2n) is 4.66. The summed E-state index contributed by atoms with van der Waals surface area (Å²) in [6.07, 6.45) is 0. The molecule has 3 aromatic rings. The van der Waals surface area contributed by atoms with Crippen LogP contribution in [0.1, 0.15) is 11.4 Å². The molecule has 2 aromatic heterocycles. The molecule has 0 aliphatic heterocycles. The number of fused-ring (bicyclic) bond motifs is 1. The Labute approximate surface area is 126 Å². The summed E-state index contributed by atoms with van der Waals surface area (Å²) >= 11 is 0.991. The van der Waals surface area contributed by atoms with E-state index in [1.165, 1.54) is 6.07 Å². The molecule has 0 radical (unpaired) electrons. The first-order valence-electron chi connectivity index (χ1n) is 6.14. The Kier molecular flexibility index (Phi) is 3.18. The fourth-order valence-corrected chi connectivity index (χ4v) is 4.05. The second kappa shape index (κ2) is 4.78. The van der Waals surface area contributed by atoms with Crippen LogP contribution in [0, 0.1) is 13.8 Å². The first-order chi connectivity index (χ1) is 9.90. The number of nitrogens with one attached hydrogen (secondary N) is 1. The number of hydrogen-bond donors (Lipinski definition) is 1. The lowest BCUT2D eigenvalue weighted by Crippen LogP contribution is -2.14. The molecule has 2 heterocycles. The molecule has 0 bridgehead atoms. The number of nitrogens with zero attached hydrogens (tertiary/aromatic N) is 4. The molecule has 1 aromatic carbocycles. The standard InChI is InChI=1S/C12H13N5O2S2/c1-7-11(8(2)17(3)13-7)16-21(18,19)10-6-4-5-9-12(10)15-20-14-9/h4-6,16H,1-3H3. The minimum Gasteiger partial charge on any atom is -0.276 e. The Morgan fingerprint density at radius 1 is 1.24 bits per heavy atom. The zero-order chi connectivity index (χ0) is 15.2. The van der Waals surface area contributed by atoms with Crippen LogP contribution in [-0.2, 0) is 17.1 Å². The summed E-state index contributed by atoms with van der Waals surface area (Å²) in [7, 11) is -1.97. The predicted molar refractivity (Wildman–Crippen MR) is 80.9 cm³/mol. The number of benzene rings is 1. The fraction of sp³-hybridized carbons (Fsp3) is 0.250. The molecule has 9 heteroatoms. The molecule has 1 N–H and O–H groups in total. The number of aryl methyl sites for hydroxylation is 2. The highest BCUT2D eigenvalue weighted by Crippen LogP contribution is 2.26. The van der Waals surface area contributed by atoms with E-state index in [0.29, 0.717) is 22.4 Å². The zero-order valence-electron chi connectivity index (χ0n) is 11.7. The average molecular weight is 323 g/mol. The van der Waals surface area contributed by atoms with Gasteiger partial charge in [0.15, 0.2) is 0 Å². The van der Waals surface area contributed by atoms with Gasteiger partial charge in [-0.2, -0.15) is 13.8 Å². The number of rotatable bonds is 3. The van der Waals surface area contributed by atoms with Crippen LogP contribution >= 0.6 is 11.7 Å². The number of sulfonamides is 1. The van der Waals surface area contributed by atoms with Gasteiger partial charge < -0.3 is 0 Å². The van der Waals surface area contributed by atoms with Crippen LogP contribution in [0.15, 0.2) is 23.1 Å². The fourth-order valence-electron chi connectivity index (χ4n) is 2.11. The molecule has 0 aliphatic rings. The molecule has 0 saturated carbocycles. The third-order valence-electron chi connectivity index (χ3n) is 3.28. The van der Waals surface area contributed by atoms with Gasteiger partial charge in [-0.15, -0.1) is 0 Å². The van der Waals surface area contributed by atoms with Crippen molar-refractivity contribution in [3.05, 3.63) is 29.6 Å². The minimum absolute atomic E-state index is 0.122. The highest BCUT2D eigenvalue weighted by molar-refractivity contribution is 7.93. The van der Waals surface area contributed by atoms with Gasteiger partial charge in [-0.3, -0.25) is 9.40 Å². The quantitative estimate of drug-likeness (QED) is 0.794. The molecule has 21 heavy (non-hydrogen) atoms. The number of hydrogen-bond acceptors (Lipinski definition) is 6. The van der Waals surface area contributed by atoms with Crippen molar-refractivity contribution in [3.63, 3.8) is 0 Å². The maximum atomic E-state index is 12.6. The van der Waals surface area contributed by atoms with E-state index in [1.54, 1.807) is 30.8 Å². The van der Waals surface area contributed by atoms with Crippen LogP contribution in [-0.4, -0.2) is 26.9 Å². The van der Waals surface area contributed by atoms with Crippen molar-refractivity contribution in [3.8, 4) is 0 Å². The zero-order valence-corrected chi connectivity index (χ0v) is 13.3. The topological polar surface area (TPSA) is 89.8 Å². The maximum absolute atomic E-state index is 12.6. The lowest BCUT2D eigenvalue weighted by atomic mass is 10.3. The van der Waals surface area contributed by atoms with Crippen molar-refractivity contribution < 1.29 is 8.42 Å². The molecule has 0 fully saturated rings. The van der Waals surface area contributed by atoms with E-state index in [4.69, 9.17) is 0 Å². The van der Waals surface area contributed by atoms with Crippen molar-refractivity contribution in [1.82, 2.24) is 18.5 Å². The highest BCUT2D eigenvalue weighted by atomic mass is 32.2. The van der Waals surface area contributed by atoms with Gasteiger partial charge >= 0.3 is 0 Å². The van der Waals surface area contributed by atoms with E-state index in [9.17, 15) is 8.42 Å². The molecule has 3 rings (SSSR count). The number of anilines is 1. The first kappa shape index (κ1) is 14.0. The Balaban J connectivity index is 2.11. The van der Waals surface area contributed by atoms with E-state index in [0.717, 1.165) is 17.4 Å². The summed E-state index contributed by atoms with van der Waals surface area (Å²) in [5.41, 5.74) is 2.83. The third-order valence-corrected chi connectivity index (χ3v) is 5.21. The Hall–Kier alpha value is -2.00. The molecule has 0 saturated heterocycles. The second-order valence-corrected chi connectivity index (χ2v) is 6.84. The van der Waals surface area contributed by atoms with E-state index in [2.05, 4.69) is 18.6 Å². The monoisotopic (exact) mass is 323 g/mol. The lowest BCUT2D eigenvalue weighted by Gasteiger charge is -2.08. The summed E-state index contributed by atoms with van der Waals surface area (Å²) in [5, 5.41) is 4.20. The van der Waals surface area contributed by atoms with Crippen molar-refractivity contribution in [2.24, 2.45) is 7.05 Å². The molecule has 0 spiro atoms. The van der Waals surface area contributed by atoms with Gasteiger partial charge in [-0.05, 0) is 26.0 Å². The van der Waals surface area contributed by atoms with Crippen LogP contribution in [0.5, 0.6) is 0 Å². The average Bonchev–Trinajstić information content (AvgIpc) is 2.99. The van der Waals surface area contributed by atoms with Crippen LogP contribution < -0.4 is 4.72 Å². The summed E-state index contributed by atoms with van der Waals surface area (Å²) in [4.78, 5) is 0.122. The van der Waals surface area contributed by atoms with Gasteiger partial charge in [-0.25, -0.2) is 8.42 Å². The number of aromatic nitrogens is 4. The van der Waals surface area contributed by atoms with Crippen molar-refractivity contribution in [1.29, 1.82) is 0 Å². The van der Waals surface area contributed by atoms with Gasteiger partial charge in [0.1, 0.15) is 15.9 Å². The molecule has 7 nitrogen and oxygen atoms in total. The molecule has 110 valence electrons. The summed E-state index contributed by atoms with van der Waals surface area (Å²) in [6.45, 7) is 3.57. The van der Waals surface area contributed by atoms with Gasteiger partial charge in [0, 0.05) is 7.05 Å². The van der Waals surface area contributed by atoms with Gasteiger partial charge in [0.25, 0.3) is 10.0 Å². The SMILES string of the molecule is Cc1nn(C)c(C)c1NS(=O)(=O)c1cccc2nsnc12. The minimum atomic E-state index is -3.74. The largest absolute Gasteiger partial charge is 0.276 e. The molecule has 0 aliphatic carbocycles. The van der Waals surface area contributed by atoms with Crippen LogP contribution in [0.4, 0.5) is 5.69 Å². The smallest absolute Gasteiger partial charge is 0.264 e. The molecule has 0 atom stereocenters. The van der Waals surface area contributed by atoms with Crippen molar-refractivity contribution in [2.75, 3.05) is 4.72 Å². The van der Waals surface area contributed by atoms with Crippen LogP contribution in [0.25, 0.3) is 11.0 Å². The van der Waals surface area contributed by atoms with Crippen molar-refractivity contribution >= 4 is 38.5 Å². The maximum Gasteiger partial charge on any atom is 0.264 e. The summed E-state index contributed by atoms with van der Waals surface area (Å²) in [5.74, 6) is 0. The molecule has 0 amide bonds. The predicted octanol–water partition coefficient (Wildman–Crippen LogP) is 1.84. The van der Waals surface area contributed by atoms with E-state index in [1.807, 2.05) is 6.92 Å². The van der Waals surface area contributed by atoms with Gasteiger partial charge in [0.2, 0.25) is 0 Å². The van der Waals surface area contributed by atoms with Crippen LogP contribution in [0.3, 0.4) is 0 Å². The molecular weight excluding hydrogens is 310 g/mol. The summed E-state index contributed by atoms with van der Waals surface area (Å²) in [6, 6.07) is 4.91. The molecular formula is C12H13N5O2S2. The van der Waals surface area contributed by atoms with Crippen molar-refractivity contribution in [2.45, 2.75) is 18.7 Å². The Morgan fingerprint density at radius 3 is 2.67 bits per heavy atom. The van der Waals surface area contributed by atoms with E-state index in [-0.39, 0.29) is 4.90 Å². The van der Waals surface area contributed by atoms with E-state index < -0.39 is 10.0 Å². The normalized spacial score (nSPS) is 12.0. The van der Waals surface area contributed by atoms with Gasteiger partial charge in [-0.1, -0.05) is 6.07 Å². The van der Waals surface area contributed by atoms with Crippen LogP contribution in [0.2, 0.25) is 0 Å². The Bertz CT molecular complexity index is 926. The molecule has 0 unspecified atom stereocenters. The summed E-state index contributed by atoms with van der Waals surface area (Å²) < 4.78 is 37.6.